The maximum absolute atomic E-state index is 4.92. The molecule has 0 aromatic carbocycles. The molecule has 20 heavy (non-hydrogen) atoms. The molecule has 0 bridgehead atoms. The van der Waals surface area contributed by atoms with Gasteiger partial charge in [-0.05, 0) is 15.9 Å². The van der Waals surface area contributed by atoms with Crippen LogP contribution in [0.5, 0.6) is 0 Å². The smallest absolute Gasteiger partial charge is 0.223 e. The van der Waals surface area contributed by atoms with E-state index >= 15 is 0 Å². The monoisotopic (exact) mass is 336 g/mol. The van der Waals surface area contributed by atoms with E-state index in [2.05, 4.69) is 41.4 Å². The lowest BCUT2D eigenvalue weighted by molar-refractivity contribution is 0.387. The molecule has 3 heterocycles. The Hall–Kier alpha value is -1.80. The van der Waals surface area contributed by atoms with E-state index in [9.17, 15) is 0 Å². The molecule has 8 heteroatoms. The van der Waals surface area contributed by atoms with Crippen molar-refractivity contribution < 1.29 is 4.52 Å². The molecule has 0 unspecified atom stereocenters. The number of aryl methyl sites for hydroxylation is 1. The number of imidazole rings is 1. The minimum absolute atomic E-state index is 0.596. The average Bonchev–Trinajstić information content (AvgIpc) is 3.01. The van der Waals surface area contributed by atoms with Crippen LogP contribution in [0.15, 0.2) is 27.7 Å². The zero-order valence-corrected chi connectivity index (χ0v) is 12.5. The molecule has 7 nitrogen and oxygen atoms in total. The highest BCUT2D eigenvalue weighted by atomic mass is 79.9. The van der Waals surface area contributed by atoms with Crippen molar-refractivity contribution in [2.24, 2.45) is 0 Å². The van der Waals surface area contributed by atoms with Gasteiger partial charge in [-0.3, -0.25) is 4.40 Å². The number of rotatable bonds is 5. The molecular formula is C12H13BrN6O. The summed E-state index contributed by atoms with van der Waals surface area (Å²) >= 11 is 3.36. The molecular weight excluding hydrogens is 324 g/mol. The highest BCUT2D eigenvalue weighted by Gasteiger charge is 2.05. The lowest BCUT2D eigenvalue weighted by Gasteiger charge is -2.03. The predicted molar refractivity (Wildman–Crippen MR) is 75.1 cm³/mol. The molecule has 0 saturated heterocycles. The van der Waals surface area contributed by atoms with Crippen molar-refractivity contribution in [2.45, 2.75) is 19.9 Å². The van der Waals surface area contributed by atoms with Crippen LogP contribution in [0.2, 0.25) is 0 Å². The van der Waals surface area contributed by atoms with Crippen molar-refractivity contribution in [1.29, 1.82) is 0 Å². The van der Waals surface area contributed by atoms with Crippen molar-refractivity contribution in [2.75, 3.05) is 6.54 Å². The first-order chi connectivity index (χ1) is 9.72. The van der Waals surface area contributed by atoms with E-state index in [0.717, 1.165) is 34.7 Å². The second-order valence-corrected chi connectivity index (χ2v) is 5.16. The summed E-state index contributed by atoms with van der Waals surface area (Å²) < 4.78 is 7.71. The first-order valence-corrected chi connectivity index (χ1v) is 6.99. The van der Waals surface area contributed by atoms with Crippen LogP contribution >= 0.6 is 15.9 Å². The normalized spacial score (nSPS) is 11.3. The Balaban J connectivity index is 1.58. The fraction of sp³-hybridized carbons (Fsp3) is 0.333. The molecule has 0 radical (unpaired) electrons. The molecule has 0 fully saturated rings. The topological polar surface area (TPSA) is 81.1 Å². The van der Waals surface area contributed by atoms with Gasteiger partial charge in [-0.25, -0.2) is 9.97 Å². The van der Waals surface area contributed by atoms with Crippen LogP contribution in [0.25, 0.3) is 5.65 Å². The fourth-order valence-electron chi connectivity index (χ4n) is 1.91. The van der Waals surface area contributed by atoms with Crippen molar-refractivity contribution >= 4 is 21.6 Å². The number of hydrogen-bond donors (Lipinski definition) is 1. The number of hydrogen-bond acceptors (Lipinski definition) is 6. The van der Waals surface area contributed by atoms with Crippen LogP contribution in [-0.2, 0) is 13.0 Å². The molecule has 1 N–H and O–H groups in total. The Labute approximate surface area is 123 Å². The summed E-state index contributed by atoms with van der Waals surface area (Å²) in [6.07, 6.45) is 6.21. The number of aromatic nitrogens is 5. The molecule has 0 amide bonds. The maximum atomic E-state index is 4.92. The van der Waals surface area contributed by atoms with Crippen molar-refractivity contribution in [3.8, 4) is 0 Å². The lowest BCUT2D eigenvalue weighted by atomic mass is 10.4. The number of nitrogens with zero attached hydrogens (tertiary/aromatic N) is 5. The zero-order chi connectivity index (χ0) is 13.9. The Morgan fingerprint density at radius 2 is 2.25 bits per heavy atom. The lowest BCUT2D eigenvalue weighted by Crippen LogP contribution is -2.18. The Morgan fingerprint density at radius 1 is 1.35 bits per heavy atom. The van der Waals surface area contributed by atoms with Crippen LogP contribution in [0, 0.1) is 6.92 Å². The third-order valence-electron chi connectivity index (χ3n) is 2.84. The summed E-state index contributed by atoms with van der Waals surface area (Å²) in [7, 11) is 0. The zero-order valence-electron chi connectivity index (χ0n) is 10.9. The van der Waals surface area contributed by atoms with Crippen LogP contribution in [-0.4, -0.2) is 31.1 Å². The van der Waals surface area contributed by atoms with Crippen molar-refractivity contribution in [1.82, 2.24) is 29.8 Å². The van der Waals surface area contributed by atoms with Crippen molar-refractivity contribution in [3.05, 3.63) is 40.6 Å². The van der Waals surface area contributed by atoms with Gasteiger partial charge in [0.25, 0.3) is 0 Å². The standard InChI is InChI=1S/C12H13BrN6O/c1-8-17-11(18-20-8)2-3-14-4-9-5-16-12-6-15-10(13)7-19(9)12/h5-7,14H,2-4H2,1H3. The van der Waals surface area contributed by atoms with E-state index < -0.39 is 0 Å². The third-order valence-corrected chi connectivity index (χ3v) is 3.25. The van der Waals surface area contributed by atoms with Gasteiger partial charge in [-0.15, -0.1) is 0 Å². The molecule has 0 aliphatic rings. The van der Waals surface area contributed by atoms with E-state index in [4.69, 9.17) is 4.52 Å². The van der Waals surface area contributed by atoms with Gasteiger partial charge in [0.15, 0.2) is 11.5 Å². The Kier molecular flexibility index (Phi) is 3.75. The summed E-state index contributed by atoms with van der Waals surface area (Å²) in [5.74, 6) is 1.32. The summed E-state index contributed by atoms with van der Waals surface area (Å²) in [6, 6.07) is 0. The molecule has 0 aliphatic heterocycles. The molecule has 104 valence electrons. The van der Waals surface area contributed by atoms with Crippen LogP contribution < -0.4 is 5.32 Å². The highest BCUT2D eigenvalue weighted by molar-refractivity contribution is 9.10. The van der Waals surface area contributed by atoms with Gasteiger partial charge >= 0.3 is 0 Å². The second kappa shape index (κ2) is 5.68. The Morgan fingerprint density at radius 3 is 3.05 bits per heavy atom. The summed E-state index contributed by atoms with van der Waals surface area (Å²) in [5.41, 5.74) is 1.91. The van der Waals surface area contributed by atoms with E-state index in [1.54, 1.807) is 13.1 Å². The van der Waals surface area contributed by atoms with E-state index in [0.29, 0.717) is 12.4 Å². The third kappa shape index (κ3) is 2.86. The van der Waals surface area contributed by atoms with Crippen LogP contribution in [0.4, 0.5) is 0 Å². The summed E-state index contributed by atoms with van der Waals surface area (Å²) in [5, 5.41) is 7.19. The molecule has 0 saturated carbocycles. The van der Waals surface area contributed by atoms with Crippen LogP contribution in [0.3, 0.4) is 0 Å². The molecule has 3 aromatic heterocycles. The molecule has 0 aliphatic carbocycles. The molecule has 3 aromatic rings. The van der Waals surface area contributed by atoms with Gasteiger partial charge in [0, 0.05) is 32.6 Å². The molecule has 0 spiro atoms. The van der Waals surface area contributed by atoms with Gasteiger partial charge < -0.3 is 9.84 Å². The first kappa shape index (κ1) is 13.2. The quantitative estimate of drug-likeness (QED) is 0.711. The second-order valence-electron chi connectivity index (χ2n) is 4.34. The summed E-state index contributed by atoms with van der Waals surface area (Å²) in [6.45, 7) is 3.28. The predicted octanol–water partition coefficient (Wildman–Crippen LogP) is 1.52. The maximum Gasteiger partial charge on any atom is 0.223 e. The molecule has 3 rings (SSSR count). The SMILES string of the molecule is Cc1nc(CCNCc2cnc3cnc(Br)cn23)no1. The van der Waals surface area contributed by atoms with Gasteiger partial charge in [0.1, 0.15) is 4.60 Å². The fourth-order valence-corrected chi connectivity index (χ4v) is 2.21. The average molecular weight is 337 g/mol. The van der Waals surface area contributed by atoms with Crippen LogP contribution in [0.1, 0.15) is 17.4 Å². The number of fused-ring (bicyclic) bond motifs is 1. The van der Waals surface area contributed by atoms with Crippen molar-refractivity contribution in [3.63, 3.8) is 0 Å². The largest absolute Gasteiger partial charge is 0.340 e. The van der Waals surface area contributed by atoms with E-state index in [1.165, 1.54) is 0 Å². The van der Waals surface area contributed by atoms with Gasteiger partial charge in [0.2, 0.25) is 5.89 Å². The summed E-state index contributed by atoms with van der Waals surface area (Å²) in [4.78, 5) is 12.6. The number of nitrogens with one attached hydrogen (secondary N) is 1. The number of halogens is 1. The van der Waals surface area contributed by atoms with Gasteiger partial charge in [0.05, 0.1) is 18.1 Å². The molecule has 0 atom stereocenters. The first-order valence-electron chi connectivity index (χ1n) is 6.20. The highest BCUT2D eigenvalue weighted by Crippen LogP contribution is 2.10. The minimum Gasteiger partial charge on any atom is -0.340 e. The van der Waals surface area contributed by atoms with Gasteiger partial charge in [-0.1, -0.05) is 5.16 Å². The van der Waals surface area contributed by atoms with Gasteiger partial charge in [-0.2, -0.15) is 4.98 Å². The van der Waals surface area contributed by atoms with E-state index in [1.807, 2.05) is 16.8 Å². The van der Waals surface area contributed by atoms with E-state index in [-0.39, 0.29) is 0 Å². The Bertz CT molecular complexity index is 722. The minimum atomic E-state index is 0.596.